The lowest BCUT2D eigenvalue weighted by atomic mass is 9.84. The van der Waals surface area contributed by atoms with Gasteiger partial charge in [-0.05, 0) is 51.5 Å². The summed E-state index contributed by atoms with van der Waals surface area (Å²) in [7, 11) is 1.58. The van der Waals surface area contributed by atoms with Gasteiger partial charge in [-0.2, -0.15) is 0 Å². The van der Waals surface area contributed by atoms with Crippen LogP contribution < -0.4 is 10.1 Å². The van der Waals surface area contributed by atoms with Gasteiger partial charge in [0.2, 0.25) is 5.91 Å². The molecule has 1 saturated heterocycles. The Morgan fingerprint density at radius 3 is 2.33 bits per heavy atom. The molecular weight excluding hydrogens is 268 g/mol. The molecule has 1 aliphatic heterocycles. The second kappa shape index (κ2) is 5.76. The van der Waals surface area contributed by atoms with Crippen molar-refractivity contribution in [3.8, 4) is 5.75 Å². The average molecular weight is 290 g/mol. The van der Waals surface area contributed by atoms with E-state index in [0.717, 1.165) is 0 Å². The van der Waals surface area contributed by atoms with Crippen molar-refractivity contribution in [2.24, 2.45) is 0 Å². The van der Waals surface area contributed by atoms with Gasteiger partial charge in [0, 0.05) is 18.2 Å². The van der Waals surface area contributed by atoms with Gasteiger partial charge in [0.1, 0.15) is 11.3 Å². The molecule has 1 aromatic rings. The van der Waals surface area contributed by atoms with Gasteiger partial charge in [-0.15, -0.1) is 0 Å². The molecule has 0 saturated carbocycles. The Kier molecular flexibility index (Phi) is 4.21. The molecule has 1 N–H and O–H groups in total. The molecular formula is C16H22N2O3. The molecule has 0 radical (unpaired) electrons. The predicted molar refractivity (Wildman–Crippen MR) is 80.3 cm³/mol. The fraction of sp³-hybridized carbons (Fsp3) is 0.500. The zero-order chi connectivity index (χ0) is 15.6. The number of benzene rings is 1. The fourth-order valence-corrected chi connectivity index (χ4v) is 2.43. The molecule has 1 fully saturated rings. The molecule has 0 bridgehead atoms. The van der Waals surface area contributed by atoms with Crippen LogP contribution >= 0.6 is 0 Å². The highest BCUT2D eigenvalue weighted by atomic mass is 16.5. The van der Waals surface area contributed by atoms with E-state index in [4.69, 9.17) is 4.74 Å². The van der Waals surface area contributed by atoms with Gasteiger partial charge >= 0.3 is 0 Å². The highest BCUT2D eigenvalue weighted by molar-refractivity contribution is 6.00. The zero-order valence-corrected chi connectivity index (χ0v) is 13.0. The second-order valence-corrected chi connectivity index (χ2v) is 5.84. The van der Waals surface area contributed by atoms with Gasteiger partial charge in [-0.1, -0.05) is 0 Å². The first-order valence-corrected chi connectivity index (χ1v) is 7.15. The van der Waals surface area contributed by atoms with Crippen molar-refractivity contribution in [1.29, 1.82) is 0 Å². The number of hydrogen-bond donors (Lipinski definition) is 1. The maximum absolute atomic E-state index is 12.5. The Labute approximate surface area is 125 Å². The van der Waals surface area contributed by atoms with Gasteiger partial charge < -0.3 is 15.0 Å². The van der Waals surface area contributed by atoms with Crippen molar-refractivity contribution in [1.82, 2.24) is 10.2 Å². The second-order valence-electron chi connectivity index (χ2n) is 5.84. The third kappa shape index (κ3) is 2.86. The van der Waals surface area contributed by atoms with E-state index >= 15 is 0 Å². The molecule has 114 valence electrons. The molecule has 1 aromatic carbocycles. The van der Waals surface area contributed by atoms with Crippen LogP contribution in [0.5, 0.6) is 5.75 Å². The van der Waals surface area contributed by atoms with Crippen molar-refractivity contribution in [2.75, 3.05) is 13.7 Å². The molecule has 2 amide bonds. The number of nitrogens with zero attached hydrogens (tertiary/aromatic N) is 1. The van der Waals surface area contributed by atoms with Crippen LogP contribution in [0.25, 0.3) is 0 Å². The van der Waals surface area contributed by atoms with E-state index in [-0.39, 0.29) is 17.9 Å². The average Bonchev–Trinajstić information content (AvgIpc) is 2.44. The highest BCUT2D eigenvalue weighted by Crippen LogP contribution is 2.32. The van der Waals surface area contributed by atoms with Crippen LogP contribution in [0, 0.1) is 0 Å². The number of carbonyl (C=O) groups is 2. The molecule has 1 atom stereocenters. The van der Waals surface area contributed by atoms with E-state index < -0.39 is 5.54 Å². The number of amides is 2. The van der Waals surface area contributed by atoms with Crippen LogP contribution in [0.15, 0.2) is 24.3 Å². The molecule has 1 heterocycles. The SMILES string of the molecule is COc1ccc(C(=O)N2CCC2(C)C(=O)NC(C)C)cc1. The van der Waals surface area contributed by atoms with E-state index in [0.29, 0.717) is 24.3 Å². The standard InChI is InChI=1S/C16H22N2O3/c1-11(2)17-15(20)16(3)9-10-18(16)14(19)12-5-7-13(21-4)8-6-12/h5-8,11H,9-10H2,1-4H3,(H,17,20). The predicted octanol–water partition coefficient (Wildman–Crippen LogP) is 1.82. The zero-order valence-electron chi connectivity index (χ0n) is 13.0. The molecule has 1 unspecified atom stereocenters. The lowest BCUT2D eigenvalue weighted by molar-refractivity contribution is -0.138. The van der Waals surface area contributed by atoms with Gasteiger partial charge in [0.15, 0.2) is 0 Å². The highest BCUT2D eigenvalue weighted by Gasteiger charge is 2.49. The first-order chi connectivity index (χ1) is 9.88. The van der Waals surface area contributed by atoms with Crippen molar-refractivity contribution in [3.05, 3.63) is 29.8 Å². The van der Waals surface area contributed by atoms with Crippen molar-refractivity contribution in [2.45, 2.75) is 38.8 Å². The van der Waals surface area contributed by atoms with E-state index in [1.54, 1.807) is 36.3 Å². The maximum Gasteiger partial charge on any atom is 0.254 e. The molecule has 0 spiro atoms. The van der Waals surface area contributed by atoms with E-state index in [1.165, 1.54) is 0 Å². The van der Waals surface area contributed by atoms with Crippen LogP contribution in [-0.4, -0.2) is 41.9 Å². The molecule has 2 rings (SSSR count). The van der Waals surface area contributed by atoms with Crippen LogP contribution in [0.1, 0.15) is 37.6 Å². The first-order valence-electron chi connectivity index (χ1n) is 7.15. The summed E-state index contributed by atoms with van der Waals surface area (Å²) in [6, 6.07) is 7.00. The normalized spacial score (nSPS) is 20.9. The minimum Gasteiger partial charge on any atom is -0.497 e. The summed E-state index contributed by atoms with van der Waals surface area (Å²) in [4.78, 5) is 26.4. The number of methoxy groups -OCH3 is 1. The van der Waals surface area contributed by atoms with Gasteiger partial charge in [0.25, 0.3) is 5.91 Å². The Morgan fingerprint density at radius 2 is 1.90 bits per heavy atom. The van der Waals surface area contributed by atoms with Gasteiger partial charge in [0.05, 0.1) is 7.11 Å². The van der Waals surface area contributed by atoms with Crippen LogP contribution in [0.4, 0.5) is 0 Å². The van der Waals surface area contributed by atoms with Crippen molar-refractivity contribution < 1.29 is 14.3 Å². The third-order valence-corrected chi connectivity index (χ3v) is 3.91. The molecule has 5 heteroatoms. The summed E-state index contributed by atoms with van der Waals surface area (Å²) in [5.41, 5.74) is -0.180. The summed E-state index contributed by atoms with van der Waals surface area (Å²) in [5.74, 6) is 0.492. The topological polar surface area (TPSA) is 58.6 Å². The van der Waals surface area contributed by atoms with Crippen molar-refractivity contribution in [3.63, 3.8) is 0 Å². The summed E-state index contributed by atoms with van der Waals surface area (Å²) in [6.45, 7) is 6.24. The Bertz CT molecular complexity index is 539. The number of ether oxygens (including phenoxy) is 1. The van der Waals surface area contributed by atoms with E-state index in [2.05, 4.69) is 5.32 Å². The smallest absolute Gasteiger partial charge is 0.254 e. The molecule has 5 nitrogen and oxygen atoms in total. The minimum atomic E-state index is -0.749. The van der Waals surface area contributed by atoms with Gasteiger partial charge in [-0.25, -0.2) is 0 Å². The van der Waals surface area contributed by atoms with Gasteiger partial charge in [-0.3, -0.25) is 9.59 Å². The summed E-state index contributed by atoms with van der Waals surface area (Å²) >= 11 is 0. The molecule has 21 heavy (non-hydrogen) atoms. The summed E-state index contributed by atoms with van der Waals surface area (Å²) in [5, 5.41) is 2.89. The number of carbonyl (C=O) groups excluding carboxylic acids is 2. The van der Waals surface area contributed by atoms with Crippen LogP contribution in [-0.2, 0) is 4.79 Å². The third-order valence-electron chi connectivity index (χ3n) is 3.91. The first kappa shape index (κ1) is 15.4. The Morgan fingerprint density at radius 1 is 1.29 bits per heavy atom. The maximum atomic E-state index is 12.5. The number of hydrogen-bond acceptors (Lipinski definition) is 3. The van der Waals surface area contributed by atoms with Crippen molar-refractivity contribution >= 4 is 11.8 Å². The Balaban J connectivity index is 2.13. The molecule has 1 aliphatic rings. The summed E-state index contributed by atoms with van der Waals surface area (Å²) < 4.78 is 5.08. The summed E-state index contributed by atoms with van der Waals surface area (Å²) in [6.07, 6.45) is 0.688. The minimum absolute atomic E-state index is 0.0628. The number of rotatable bonds is 4. The lowest BCUT2D eigenvalue weighted by Crippen LogP contribution is -2.67. The van der Waals surface area contributed by atoms with E-state index in [9.17, 15) is 9.59 Å². The Hall–Kier alpha value is -2.04. The molecule has 0 aromatic heterocycles. The fourth-order valence-electron chi connectivity index (χ4n) is 2.43. The van der Waals surface area contributed by atoms with Crippen LogP contribution in [0.2, 0.25) is 0 Å². The quantitative estimate of drug-likeness (QED) is 0.920. The van der Waals surface area contributed by atoms with Crippen LogP contribution in [0.3, 0.4) is 0 Å². The largest absolute Gasteiger partial charge is 0.497 e. The number of likely N-dealkylation sites (tertiary alicyclic amines) is 1. The number of nitrogens with one attached hydrogen (secondary N) is 1. The molecule has 0 aliphatic carbocycles. The van der Waals surface area contributed by atoms with E-state index in [1.807, 2.05) is 20.8 Å². The monoisotopic (exact) mass is 290 g/mol. The lowest BCUT2D eigenvalue weighted by Gasteiger charge is -2.49.